The van der Waals surface area contributed by atoms with Gasteiger partial charge in [0, 0.05) is 6.54 Å². The first-order chi connectivity index (χ1) is 6.39. The number of likely N-dealkylation sites (N-methyl/N-ethyl adjacent to an activating group) is 1. The highest BCUT2D eigenvalue weighted by Crippen LogP contribution is 2.33. The van der Waals surface area contributed by atoms with Crippen LogP contribution in [0.25, 0.3) is 0 Å². The van der Waals surface area contributed by atoms with Gasteiger partial charge in [-0.15, -0.1) is 0 Å². The molecule has 1 aliphatic heterocycles. The van der Waals surface area contributed by atoms with E-state index in [0.717, 1.165) is 19.1 Å². The summed E-state index contributed by atoms with van der Waals surface area (Å²) in [6, 6.07) is 0. The topological polar surface area (TPSA) is 12.5 Å². The van der Waals surface area contributed by atoms with Crippen molar-refractivity contribution in [1.82, 2.24) is 4.90 Å². The number of hydrogen-bond acceptors (Lipinski definition) is 2. The second kappa shape index (κ2) is 4.63. The zero-order valence-corrected chi connectivity index (χ0v) is 10.3. The van der Waals surface area contributed by atoms with E-state index in [9.17, 15) is 0 Å². The van der Waals surface area contributed by atoms with Crippen LogP contribution < -0.4 is 0 Å². The van der Waals surface area contributed by atoms with E-state index >= 15 is 0 Å². The fourth-order valence-corrected chi connectivity index (χ4v) is 2.04. The van der Waals surface area contributed by atoms with E-state index in [1.807, 2.05) is 0 Å². The molecule has 0 aromatic rings. The van der Waals surface area contributed by atoms with Crippen LogP contribution in [0, 0.1) is 11.3 Å². The smallest absolute Gasteiger partial charge is 0.0702 e. The minimum absolute atomic E-state index is 0.406. The van der Waals surface area contributed by atoms with E-state index < -0.39 is 0 Å². The lowest BCUT2D eigenvalue weighted by Crippen LogP contribution is -2.38. The fraction of sp³-hybridized carbons (Fsp3) is 1.00. The molecule has 1 fully saturated rings. The molecule has 1 saturated heterocycles. The van der Waals surface area contributed by atoms with Crippen molar-refractivity contribution >= 4 is 0 Å². The van der Waals surface area contributed by atoms with Gasteiger partial charge in [0.1, 0.15) is 0 Å². The standard InChI is InChI=1S/C12H25NO/c1-12(2,3)10-6-7-11(14-9-10)8-13(4)5/h10-11H,6-9H2,1-5H3. The summed E-state index contributed by atoms with van der Waals surface area (Å²) in [5.41, 5.74) is 0.406. The van der Waals surface area contributed by atoms with E-state index in [1.165, 1.54) is 12.8 Å². The van der Waals surface area contributed by atoms with Crippen LogP contribution in [-0.4, -0.2) is 38.3 Å². The van der Waals surface area contributed by atoms with Crippen LogP contribution in [-0.2, 0) is 4.74 Å². The van der Waals surface area contributed by atoms with Gasteiger partial charge in [-0.25, -0.2) is 0 Å². The molecule has 2 unspecified atom stereocenters. The molecule has 1 heterocycles. The minimum atomic E-state index is 0.406. The fourth-order valence-electron chi connectivity index (χ4n) is 2.04. The second-order valence-corrected chi connectivity index (χ2v) is 5.86. The van der Waals surface area contributed by atoms with E-state index in [-0.39, 0.29) is 0 Å². The van der Waals surface area contributed by atoms with Crippen molar-refractivity contribution in [3.63, 3.8) is 0 Å². The Morgan fingerprint density at radius 1 is 1.21 bits per heavy atom. The number of nitrogens with zero attached hydrogens (tertiary/aromatic N) is 1. The van der Waals surface area contributed by atoms with Gasteiger partial charge in [-0.05, 0) is 38.3 Å². The molecule has 0 bridgehead atoms. The number of ether oxygens (including phenoxy) is 1. The summed E-state index contributed by atoms with van der Waals surface area (Å²) in [5.74, 6) is 0.737. The summed E-state index contributed by atoms with van der Waals surface area (Å²) < 4.78 is 5.89. The molecule has 1 aliphatic rings. The van der Waals surface area contributed by atoms with Crippen LogP contribution in [0.2, 0.25) is 0 Å². The van der Waals surface area contributed by atoms with Gasteiger partial charge in [-0.3, -0.25) is 0 Å². The Hall–Kier alpha value is -0.0800. The van der Waals surface area contributed by atoms with Gasteiger partial charge < -0.3 is 9.64 Å². The van der Waals surface area contributed by atoms with Crippen molar-refractivity contribution < 1.29 is 4.74 Å². The summed E-state index contributed by atoms with van der Waals surface area (Å²) in [4.78, 5) is 2.21. The maximum atomic E-state index is 5.89. The van der Waals surface area contributed by atoms with Crippen LogP contribution in [0.1, 0.15) is 33.6 Å². The van der Waals surface area contributed by atoms with Crippen molar-refractivity contribution in [3.05, 3.63) is 0 Å². The van der Waals surface area contributed by atoms with Gasteiger partial charge in [-0.2, -0.15) is 0 Å². The van der Waals surface area contributed by atoms with E-state index in [0.29, 0.717) is 11.5 Å². The van der Waals surface area contributed by atoms with Gasteiger partial charge in [-0.1, -0.05) is 20.8 Å². The summed E-state index contributed by atoms with van der Waals surface area (Å²) in [6.07, 6.45) is 3.01. The van der Waals surface area contributed by atoms with Crippen molar-refractivity contribution in [2.24, 2.45) is 11.3 Å². The molecular formula is C12H25NO. The molecule has 0 saturated carbocycles. The maximum absolute atomic E-state index is 5.89. The largest absolute Gasteiger partial charge is 0.377 e. The zero-order valence-electron chi connectivity index (χ0n) is 10.3. The molecule has 0 aromatic carbocycles. The first kappa shape index (κ1) is 12.0. The first-order valence-corrected chi connectivity index (χ1v) is 5.66. The molecule has 2 atom stereocenters. The quantitative estimate of drug-likeness (QED) is 0.677. The van der Waals surface area contributed by atoms with Gasteiger partial charge in [0.2, 0.25) is 0 Å². The summed E-state index contributed by atoms with van der Waals surface area (Å²) in [5, 5.41) is 0. The van der Waals surface area contributed by atoms with Crippen LogP contribution in [0.15, 0.2) is 0 Å². The molecule has 0 N–H and O–H groups in total. The van der Waals surface area contributed by atoms with E-state index in [2.05, 4.69) is 39.8 Å². The summed E-state index contributed by atoms with van der Waals surface area (Å²) in [7, 11) is 4.22. The van der Waals surface area contributed by atoms with Gasteiger partial charge >= 0.3 is 0 Å². The minimum Gasteiger partial charge on any atom is -0.377 e. The first-order valence-electron chi connectivity index (χ1n) is 5.66. The Kier molecular flexibility index (Phi) is 3.96. The van der Waals surface area contributed by atoms with Crippen molar-refractivity contribution in [2.45, 2.75) is 39.7 Å². The van der Waals surface area contributed by atoms with Crippen molar-refractivity contribution in [1.29, 1.82) is 0 Å². The van der Waals surface area contributed by atoms with Gasteiger partial charge in [0.15, 0.2) is 0 Å². The Morgan fingerprint density at radius 3 is 2.21 bits per heavy atom. The van der Waals surface area contributed by atoms with Crippen LogP contribution in [0.3, 0.4) is 0 Å². The highest BCUT2D eigenvalue weighted by Gasteiger charge is 2.30. The number of hydrogen-bond donors (Lipinski definition) is 0. The van der Waals surface area contributed by atoms with E-state index in [1.54, 1.807) is 0 Å². The molecule has 0 spiro atoms. The SMILES string of the molecule is CN(C)CC1CCC(C(C)(C)C)CO1. The highest BCUT2D eigenvalue weighted by molar-refractivity contribution is 4.79. The van der Waals surface area contributed by atoms with Crippen LogP contribution >= 0.6 is 0 Å². The van der Waals surface area contributed by atoms with E-state index in [4.69, 9.17) is 4.74 Å². The Bertz CT molecular complexity index is 164. The Balaban J connectivity index is 2.31. The molecule has 14 heavy (non-hydrogen) atoms. The Morgan fingerprint density at radius 2 is 1.86 bits per heavy atom. The monoisotopic (exact) mass is 199 g/mol. The lowest BCUT2D eigenvalue weighted by atomic mass is 9.77. The predicted molar refractivity (Wildman–Crippen MR) is 60.5 cm³/mol. The van der Waals surface area contributed by atoms with Crippen LogP contribution in [0.4, 0.5) is 0 Å². The number of rotatable bonds is 2. The third-order valence-electron chi connectivity index (χ3n) is 3.16. The second-order valence-electron chi connectivity index (χ2n) is 5.86. The molecule has 0 aromatic heterocycles. The molecule has 1 rings (SSSR count). The molecule has 0 amide bonds. The van der Waals surface area contributed by atoms with Crippen molar-refractivity contribution in [2.75, 3.05) is 27.2 Å². The summed E-state index contributed by atoms with van der Waals surface area (Å²) in [6.45, 7) is 8.95. The average Bonchev–Trinajstić information content (AvgIpc) is 2.02. The van der Waals surface area contributed by atoms with Gasteiger partial charge in [0.25, 0.3) is 0 Å². The maximum Gasteiger partial charge on any atom is 0.0702 e. The molecule has 0 aliphatic carbocycles. The molecule has 2 nitrogen and oxygen atoms in total. The molecular weight excluding hydrogens is 174 g/mol. The Labute approximate surface area is 88.6 Å². The zero-order chi connectivity index (χ0) is 10.8. The highest BCUT2D eigenvalue weighted by atomic mass is 16.5. The lowest BCUT2D eigenvalue weighted by molar-refractivity contribution is -0.0537. The predicted octanol–water partition coefficient (Wildman–Crippen LogP) is 2.39. The average molecular weight is 199 g/mol. The third-order valence-corrected chi connectivity index (χ3v) is 3.16. The third kappa shape index (κ3) is 3.58. The van der Waals surface area contributed by atoms with Crippen LogP contribution in [0.5, 0.6) is 0 Å². The molecule has 84 valence electrons. The molecule has 2 heteroatoms. The lowest BCUT2D eigenvalue weighted by Gasteiger charge is -2.37. The van der Waals surface area contributed by atoms with Crippen molar-refractivity contribution in [3.8, 4) is 0 Å². The normalized spacial score (nSPS) is 29.6. The van der Waals surface area contributed by atoms with Gasteiger partial charge in [0.05, 0.1) is 12.7 Å². The molecule has 0 radical (unpaired) electrons. The summed E-state index contributed by atoms with van der Waals surface area (Å²) >= 11 is 0.